The van der Waals surface area contributed by atoms with E-state index in [-0.39, 0.29) is 49.4 Å². The minimum atomic E-state index is -5.01. The van der Waals surface area contributed by atoms with Crippen LogP contribution in [0.3, 0.4) is 0 Å². The van der Waals surface area contributed by atoms with Crippen molar-refractivity contribution in [1.29, 1.82) is 5.41 Å². The average molecular weight is 744 g/mol. The number of carbonyl (C=O) groups is 1. The first-order valence-corrected chi connectivity index (χ1v) is 17.0. The van der Waals surface area contributed by atoms with Gasteiger partial charge in [-0.25, -0.2) is 8.78 Å². The van der Waals surface area contributed by atoms with E-state index in [0.29, 0.717) is 49.6 Å². The van der Waals surface area contributed by atoms with Gasteiger partial charge < -0.3 is 35.1 Å². The summed E-state index contributed by atoms with van der Waals surface area (Å²) in [6.07, 6.45) is -5.21. The van der Waals surface area contributed by atoms with Gasteiger partial charge in [0.2, 0.25) is 5.76 Å². The highest BCUT2D eigenvalue weighted by Crippen LogP contribution is 2.46. The predicted octanol–water partition coefficient (Wildman–Crippen LogP) is 3.38. The molecule has 0 aliphatic carbocycles. The van der Waals surface area contributed by atoms with Crippen molar-refractivity contribution >= 4 is 34.7 Å². The molecule has 3 atom stereocenters. The van der Waals surface area contributed by atoms with Crippen LogP contribution >= 0.6 is 11.6 Å². The van der Waals surface area contributed by atoms with E-state index in [4.69, 9.17) is 41.9 Å². The summed E-state index contributed by atoms with van der Waals surface area (Å²) in [6, 6.07) is 0.654. The second-order valence-electron chi connectivity index (χ2n) is 13.6. The van der Waals surface area contributed by atoms with Gasteiger partial charge in [-0.3, -0.25) is 15.1 Å². The molecule has 2 aromatic rings. The van der Waals surface area contributed by atoms with Crippen molar-refractivity contribution in [2.24, 2.45) is 0 Å². The summed E-state index contributed by atoms with van der Waals surface area (Å²) in [4.78, 5) is 27.3. The lowest BCUT2D eigenvalue weighted by molar-refractivity contribution is -0.606. The zero-order chi connectivity index (χ0) is 36.8. The molecule has 1 aromatic carbocycles. The molecule has 12 nitrogen and oxygen atoms in total. The van der Waals surface area contributed by atoms with Crippen molar-refractivity contribution in [3.63, 3.8) is 0 Å². The number of carbonyl (C=O) groups excluding carboxylic acids is 1. The maximum Gasteiger partial charge on any atom is 0.418 e. The van der Waals surface area contributed by atoms with Gasteiger partial charge in [-0.2, -0.15) is 23.1 Å². The summed E-state index contributed by atoms with van der Waals surface area (Å²) in [5, 5.41) is 9.66. The number of benzene rings is 1. The molecule has 18 heteroatoms. The topological polar surface area (TPSA) is 147 Å². The molecule has 1 aromatic heterocycles. The van der Waals surface area contributed by atoms with Gasteiger partial charge in [0, 0.05) is 57.6 Å². The summed E-state index contributed by atoms with van der Waals surface area (Å²) in [5.41, 5.74) is 3.40. The third-order valence-corrected chi connectivity index (χ3v) is 10.3. The van der Waals surface area contributed by atoms with Crippen LogP contribution in [0.1, 0.15) is 54.2 Å². The standard InChI is InChI=1S/C33H40ClF5N8O4/c1-45(2)30(48)27(41)28(49-3)22-14-46(8-5-7-42-22)29-18-15-50-23(24-25(33(37,38)39)19(34)10-20(40)26(24)36)11-21(18)43-31(44-29)51-16-32-6-4-9-47(32)13-17(35)12-32/h10,17,23,41-42H,4-9,11-16,40H2,1-3H3/p+1/b28-22+,41-27?/t17-,23?,32+/m1/s1. The fourth-order valence-electron chi connectivity index (χ4n) is 7.61. The van der Waals surface area contributed by atoms with Crippen LogP contribution in [0, 0.1) is 11.2 Å². The second-order valence-corrected chi connectivity index (χ2v) is 14.0. The Morgan fingerprint density at radius 1 is 1.27 bits per heavy atom. The highest BCUT2D eigenvalue weighted by atomic mass is 35.5. The highest BCUT2D eigenvalue weighted by molar-refractivity contribution is 6.43. The molecule has 3 fully saturated rings. The first-order chi connectivity index (χ1) is 24.1. The Hall–Kier alpha value is -3.80. The first kappa shape index (κ1) is 37.0. The Morgan fingerprint density at radius 3 is 2.75 bits per heavy atom. The smallest absolute Gasteiger partial charge is 0.418 e. The molecule has 0 saturated carbocycles. The highest BCUT2D eigenvalue weighted by Gasteiger charge is 2.49. The van der Waals surface area contributed by atoms with Crippen molar-refractivity contribution < 1.29 is 46.3 Å². The van der Waals surface area contributed by atoms with Gasteiger partial charge in [-0.05, 0) is 25.5 Å². The van der Waals surface area contributed by atoms with Crippen LogP contribution in [-0.2, 0) is 33.5 Å². The summed E-state index contributed by atoms with van der Waals surface area (Å²) in [6.45, 7) is 2.05. The number of nitrogens with two attached hydrogens (primary N) is 2. The number of amides is 1. The maximum atomic E-state index is 15.5. The zero-order valence-electron chi connectivity index (χ0n) is 28.5. The quantitative estimate of drug-likeness (QED) is 0.160. The molecule has 278 valence electrons. The molecule has 3 saturated heterocycles. The Morgan fingerprint density at radius 2 is 2.04 bits per heavy atom. The second kappa shape index (κ2) is 14.3. The van der Waals surface area contributed by atoms with Crippen molar-refractivity contribution in [2.75, 3.05) is 71.2 Å². The number of halogens is 6. The average Bonchev–Trinajstić information content (AvgIpc) is 3.48. The van der Waals surface area contributed by atoms with Gasteiger partial charge in [0.15, 0.2) is 17.2 Å². The van der Waals surface area contributed by atoms with Crippen LogP contribution in [-0.4, -0.2) is 104 Å². The van der Waals surface area contributed by atoms with Crippen LogP contribution in [0.4, 0.5) is 33.5 Å². The molecule has 5 heterocycles. The van der Waals surface area contributed by atoms with Crippen LogP contribution < -0.4 is 20.7 Å². The molecule has 0 spiro atoms. The van der Waals surface area contributed by atoms with E-state index < -0.39 is 57.6 Å². The van der Waals surface area contributed by atoms with E-state index in [1.807, 2.05) is 10.2 Å². The normalized spacial score (nSPS) is 24.8. The van der Waals surface area contributed by atoms with Crippen LogP contribution in [0.15, 0.2) is 17.5 Å². The van der Waals surface area contributed by atoms with E-state index in [9.17, 15) is 22.4 Å². The molecule has 0 bridgehead atoms. The molecule has 5 N–H and O–H groups in total. The van der Waals surface area contributed by atoms with Crippen molar-refractivity contribution in [2.45, 2.75) is 62.7 Å². The number of aromatic nitrogens is 2. The number of hydrogen-bond acceptors (Lipinski definition) is 10. The van der Waals surface area contributed by atoms with Crippen molar-refractivity contribution in [3.05, 3.63) is 50.7 Å². The molecule has 4 aliphatic heterocycles. The molecule has 6 rings (SSSR count). The molecular formula is C33H41ClF5N8O4+. The first-order valence-electron chi connectivity index (χ1n) is 16.7. The number of alkyl halides is 4. The summed E-state index contributed by atoms with van der Waals surface area (Å²) < 4.78 is 90.5. The van der Waals surface area contributed by atoms with Gasteiger partial charge in [0.05, 0.1) is 60.4 Å². The monoisotopic (exact) mass is 743 g/mol. The van der Waals surface area contributed by atoms with Crippen molar-refractivity contribution in [3.8, 4) is 6.01 Å². The van der Waals surface area contributed by atoms with E-state index in [2.05, 4.69) is 9.88 Å². The van der Waals surface area contributed by atoms with E-state index >= 15 is 4.39 Å². The Bertz CT molecular complexity index is 1740. The number of nitrogen functional groups attached to an aromatic ring is 1. The van der Waals surface area contributed by atoms with E-state index in [1.54, 1.807) is 0 Å². The maximum absolute atomic E-state index is 15.5. The fraction of sp³-hybridized carbons (Fsp3) is 0.576. The predicted molar refractivity (Wildman–Crippen MR) is 177 cm³/mol. The molecule has 1 amide bonds. The molecular weight excluding hydrogens is 703 g/mol. The lowest BCUT2D eigenvalue weighted by Gasteiger charge is -2.33. The summed E-state index contributed by atoms with van der Waals surface area (Å²) in [5.74, 6) is -1.38. The van der Waals surface area contributed by atoms with Gasteiger partial charge in [-0.1, -0.05) is 11.6 Å². The Labute approximate surface area is 296 Å². The fourth-order valence-corrected chi connectivity index (χ4v) is 7.94. The molecule has 1 unspecified atom stereocenters. The lowest BCUT2D eigenvalue weighted by atomic mass is 9.93. The van der Waals surface area contributed by atoms with Gasteiger partial charge >= 0.3 is 12.2 Å². The van der Waals surface area contributed by atoms with E-state index in [0.717, 1.165) is 25.5 Å². The third-order valence-electron chi connectivity index (χ3n) is 10.0. The number of ether oxygens (including phenoxy) is 3. The number of nitrogens with zero attached hydrogens (tertiary/aromatic N) is 5. The summed E-state index contributed by atoms with van der Waals surface area (Å²) >= 11 is 5.98. The Kier molecular flexibility index (Phi) is 10.4. The molecule has 0 radical (unpaired) electrons. The van der Waals surface area contributed by atoms with Crippen LogP contribution in [0.25, 0.3) is 0 Å². The molecule has 4 aliphatic rings. The largest absolute Gasteiger partial charge is 0.489 e. The number of methoxy groups -OCH3 is 1. The number of quaternary nitrogens is 1. The van der Waals surface area contributed by atoms with Gasteiger partial charge in [-0.15, -0.1) is 0 Å². The van der Waals surface area contributed by atoms with Crippen molar-refractivity contribution in [1.82, 2.24) is 19.8 Å². The summed E-state index contributed by atoms with van der Waals surface area (Å²) in [7, 11) is 4.44. The number of hydrogen-bond donors (Lipinski definition) is 3. The van der Waals surface area contributed by atoms with Crippen LogP contribution in [0.2, 0.25) is 5.02 Å². The minimum absolute atomic E-state index is 0.0729. The van der Waals surface area contributed by atoms with Gasteiger partial charge in [0.1, 0.15) is 18.6 Å². The number of anilines is 2. The zero-order valence-corrected chi connectivity index (χ0v) is 29.3. The SMILES string of the molecule is CO/C(C(=N)C(=O)N(C)C)=C1\CN(c2nc(OC[C@@]34CCCN3C[C@H](F)C4)nc3c2COC(c2c(F)c(N)cc(Cl)c2C(F)(F)F)C3)CCC[NH2+]1. The van der Waals surface area contributed by atoms with Gasteiger partial charge in [0.25, 0.3) is 5.91 Å². The number of nitrogens with one attached hydrogen (secondary N) is 1. The molecule has 51 heavy (non-hydrogen) atoms. The van der Waals surface area contributed by atoms with Crippen LogP contribution in [0.5, 0.6) is 6.01 Å². The van der Waals surface area contributed by atoms with E-state index in [1.165, 1.54) is 26.1 Å². The lowest BCUT2D eigenvalue weighted by Crippen LogP contribution is -2.83. The Balaban J connectivity index is 1.41. The number of fused-ring (bicyclic) bond motifs is 2. The minimum Gasteiger partial charge on any atom is -0.489 e. The number of rotatable bonds is 8. The third kappa shape index (κ3) is 7.17.